The molecule has 0 rings (SSSR count). The molecule has 0 fully saturated rings. The van der Waals surface area contributed by atoms with Gasteiger partial charge in [-0.25, -0.2) is 0 Å². The van der Waals surface area contributed by atoms with Gasteiger partial charge in [-0.15, -0.1) is 0 Å². The van der Waals surface area contributed by atoms with Crippen LogP contribution >= 0.6 is 0 Å². The van der Waals surface area contributed by atoms with Crippen LogP contribution in [0, 0.1) is 0 Å². The Balaban J connectivity index is -0.000000720. The maximum atomic E-state index is 10.3. The van der Waals surface area contributed by atoms with Crippen molar-refractivity contribution in [1.82, 2.24) is 4.90 Å². The van der Waals surface area contributed by atoms with E-state index in [-0.39, 0.29) is 37.5 Å². The molecule has 0 spiro atoms. The Morgan fingerprint density at radius 3 is 1.86 bits per heavy atom. The summed E-state index contributed by atoms with van der Waals surface area (Å²) in [7, 11) is -4.05. The van der Waals surface area contributed by atoms with Crippen LogP contribution in [0.1, 0.15) is 15.3 Å². The molecular weight excluding hydrogens is 221 g/mol. The third-order valence-electron chi connectivity index (χ3n) is 1.57. The van der Waals surface area contributed by atoms with Crippen LogP contribution in [-0.4, -0.2) is 52.8 Å². The molecule has 0 aliphatic carbocycles. The zero-order valence-corrected chi connectivity index (χ0v) is 11.4. The van der Waals surface area contributed by atoms with Crippen LogP contribution in [0.2, 0.25) is 0 Å². The van der Waals surface area contributed by atoms with Gasteiger partial charge in [-0.1, -0.05) is 0 Å². The van der Waals surface area contributed by atoms with Gasteiger partial charge in [0.2, 0.25) is 0 Å². The summed E-state index contributed by atoms with van der Waals surface area (Å²) >= 11 is 0. The molecule has 0 radical (unpaired) electrons. The Labute approximate surface area is 107 Å². The number of hydrogen-bond donors (Lipinski definition) is 3. The van der Waals surface area contributed by atoms with E-state index in [0.717, 1.165) is 4.90 Å². The standard InChI is InChI=1S/C6H15NO5S.Na.H/c1-5(8)7(6(2)9)3-4-13(10,11)12;;/h5-6,8-9H,3-4H2,1-2H3,(H,10,11,12);;/q;+1;-1. The molecule has 6 nitrogen and oxygen atoms in total. The number of rotatable bonds is 5. The Morgan fingerprint density at radius 2 is 1.64 bits per heavy atom. The second-order valence-electron chi connectivity index (χ2n) is 2.79. The third-order valence-corrected chi connectivity index (χ3v) is 2.27. The van der Waals surface area contributed by atoms with Crippen LogP contribution in [0.3, 0.4) is 0 Å². The van der Waals surface area contributed by atoms with Crippen molar-refractivity contribution in [3.63, 3.8) is 0 Å². The van der Waals surface area contributed by atoms with Gasteiger partial charge < -0.3 is 11.6 Å². The normalized spacial score (nSPS) is 16.1. The summed E-state index contributed by atoms with van der Waals surface area (Å²) in [6.07, 6.45) is -1.91. The molecule has 0 heterocycles. The first-order valence-corrected chi connectivity index (χ1v) is 5.42. The molecule has 0 bridgehead atoms. The van der Waals surface area contributed by atoms with Gasteiger partial charge in [0.05, 0.1) is 5.75 Å². The SMILES string of the molecule is CC(O)N(CCS(=O)(=O)O)C(C)O.[H-].[Na+]. The van der Waals surface area contributed by atoms with E-state index in [2.05, 4.69) is 0 Å². The zero-order chi connectivity index (χ0) is 10.6. The van der Waals surface area contributed by atoms with Crippen LogP contribution in [-0.2, 0) is 10.1 Å². The van der Waals surface area contributed by atoms with Gasteiger partial charge in [-0.05, 0) is 13.8 Å². The van der Waals surface area contributed by atoms with Crippen LogP contribution < -0.4 is 29.6 Å². The van der Waals surface area contributed by atoms with E-state index in [1.165, 1.54) is 13.8 Å². The van der Waals surface area contributed by atoms with E-state index < -0.39 is 28.3 Å². The average molecular weight is 237 g/mol. The summed E-state index contributed by atoms with van der Waals surface area (Å²) in [6.45, 7) is 2.68. The fourth-order valence-corrected chi connectivity index (χ4v) is 1.35. The predicted molar refractivity (Wildman–Crippen MR) is 47.6 cm³/mol. The molecule has 3 N–H and O–H groups in total. The number of nitrogens with zero attached hydrogens (tertiary/aromatic N) is 1. The fourth-order valence-electron chi connectivity index (χ4n) is 0.907. The second-order valence-corrected chi connectivity index (χ2v) is 4.36. The topological polar surface area (TPSA) is 98.1 Å². The molecule has 0 aromatic carbocycles. The summed E-state index contributed by atoms with van der Waals surface area (Å²) in [5, 5.41) is 18.1. The van der Waals surface area contributed by atoms with E-state index >= 15 is 0 Å². The molecule has 0 aliphatic heterocycles. The Kier molecular flexibility index (Phi) is 8.75. The minimum absolute atomic E-state index is 0. The largest absolute Gasteiger partial charge is 1.00 e. The molecule has 0 aromatic rings. The first kappa shape index (κ1) is 17.2. The summed E-state index contributed by atoms with van der Waals surface area (Å²) in [5.74, 6) is -0.511. The minimum Gasteiger partial charge on any atom is -1.00 e. The van der Waals surface area contributed by atoms with Gasteiger partial charge in [0.15, 0.2) is 0 Å². The van der Waals surface area contributed by atoms with Crippen molar-refractivity contribution in [3.8, 4) is 0 Å². The molecule has 14 heavy (non-hydrogen) atoms. The van der Waals surface area contributed by atoms with Crippen molar-refractivity contribution < 1.29 is 54.2 Å². The van der Waals surface area contributed by atoms with E-state index in [4.69, 9.17) is 14.8 Å². The van der Waals surface area contributed by atoms with Crippen LogP contribution in [0.15, 0.2) is 0 Å². The average Bonchev–Trinajstić information content (AvgIpc) is 1.82. The van der Waals surface area contributed by atoms with Gasteiger partial charge in [-0.2, -0.15) is 8.42 Å². The van der Waals surface area contributed by atoms with Crippen molar-refractivity contribution >= 4 is 10.1 Å². The molecule has 0 aliphatic rings. The number of aliphatic hydroxyl groups is 2. The van der Waals surface area contributed by atoms with Crippen molar-refractivity contribution in [1.29, 1.82) is 0 Å². The van der Waals surface area contributed by atoms with Crippen LogP contribution in [0.4, 0.5) is 0 Å². The van der Waals surface area contributed by atoms with Crippen molar-refractivity contribution in [3.05, 3.63) is 0 Å². The molecule has 2 atom stereocenters. The Hall–Kier alpha value is 0.790. The number of hydrogen-bond acceptors (Lipinski definition) is 5. The summed E-state index contributed by atoms with van der Waals surface area (Å²) < 4.78 is 29.1. The van der Waals surface area contributed by atoms with Crippen LogP contribution in [0.5, 0.6) is 0 Å². The summed E-state index contributed by atoms with van der Waals surface area (Å²) in [6, 6.07) is 0. The molecule has 0 amide bonds. The third kappa shape index (κ3) is 8.13. The second kappa shape index (κ2) is 7.13. The monoisotopic (exact) mass is 237 g/mol. The Morgan fingerprint density at radius 1 is 1.29 bits per heavy atom. The maximum absolute atomic E-state index is 10.3. The predicted octanol–water partition coefficient (Wildman–Crippen LogP) is -4.03. The summed E-state index contributed by atoms with van der Waals surface area (Å²) in [4.78, 5) is 1.13. The van der Waals surface area contributed by atoms with E-state index in [0.29, 0.717) is 0 Å². The van der Waals surface area contributed by atoms with Gasteiger partial charge in [-0.3, -0.25) is 9.45 Å². The van der Waals surface area contributed by atoms with E-state index in [9.17, 15) is 8.42 Å². The first-order valence-electron chi connectivity index (χ1n) is 3.81. The van der Waals surface area contributed by atoms with Gasteiger partial charge >= 0.3 is 29.6 Å². The van der Waals surface area contributed by atoms with E-state index in [1.54, 1.807) is 0 Å². The minimum atomic E-state index is -4.05. The molecule has 0 saturated heterocycles. The van der Waals surface area contributed by atoms with Crippen molar-refractivity contribution in [2.24, 2.45) is 0 Å². The molecule has 2 unspecified atom stereocenters. The zero-order valence-electron chi connectivity index (χ0n) is 9.58. The van der Waals surface area contributed by atoms with Gasteiger partial charge in [0, 0.05) is 6.54 Å². The molecule has 8 heteroatoms. The van der Waals surface area contributed by atoms with Gasteiger partial charge in [0.25, 0.3) is 10.1 Å². The smallest absolute Gasteiger partial charge is 1.00 e. The summed E-state index contributed by atoms with van der Waals surface area (Å²) in [5.41, 5.74) is 0. The first-order chi connectivity index (χ1) is 5.74. The van der Waals surface area contributed by atoms with Crippen molar-refractivity contribution in [2.75, 3.05) is 12.3 Å². The van der Waals surface area contributed by atoms with Gasteiger partial charge in [0.1, 0.15) is 12.5 Å². The van der Waals surface area contributed by atoms with E-state index in [1.807, 2.05) is 0 Å². The fraction of sp³-hybridized carbons (Fsp3) is 1.00. The molecule has 0 saturated carbocycles. The van der Waals surface area contributed by atoms with Crippen LogP contribution in [0.25, 0.3) is 0 Å². The maximum Gasteiger partial charge on any atom is 1.00 e. The molecule has 82 valence electrons. The van der Waals surface area contributed by atoms with Crippen molar-refractivity contribution in [2.45, 2.75) is 26.3 Å². The molecule has 0 aromatic heterocycles. The quantitative estimate of drug-likeness (QED) is 0.256. The Bertz CT molecular complexity index is 238. The molecular formula is C6H16NNaO5S. The number of aliphatic hydroxyl groups excluding tert-OH is 2.